The molecule has 0 fully saturated rings. The largest absolute Gasteiger partial charge is 0.756 e. The molecule has 0 rings (SSSR count). The topological polar surface area (TPSA) is 108 Å². The third-order valence-electron chi connectivity index (χ3n) is 15.5. The van der Waals surface area contributed by atoms with Crippen molar-refractivity contribution in [2.45, 2.75) is 347 Å². The Labute approximate surface area is 486 Å². The molecule has 0 radical (unpaired) electrons. The maximum Gasteiger partial charge on any atom is 0.268 e. The first-order chi connectivity index (χ1) is 38.0. The van der Waals surface area contributed by atoms with Gasteiger partial charge in [-0.15, -0.1) is 0 Å². The summed E-state index contributed by atoms with van der Waals surface area (Å²) in [6, 6.07) is -0.905. The molecule has 0 spiro atoms. The van der Waals surface area contributed by atoms with Crippen LogP contribution in [0.5, 0.6) is 0 Å². The van der Waals surface area contributed by atoms with Gasteiger partial charge in [-0.05, 0) is 64.2 Å². The SMILES string of the molecule is CCCCCCCCCCC/C=C\C/C=C\CCCCCCCCCCCCCCCCCCCC(=O)NC(COP(=O)([O-])OCC[N+](C)(C)C)C(O)/C=C/CC/C=C/CCCCCCCCCCCCCCCCCCC. The van der Waals surface area contributed by atoms with Crippen molar-refractivity contribution in [3.8, 4) is 0 Å². The molecule has 0 aliphatic rings. The number of phosphoric acid groups is 1. The second-order valence-electron chi connectivity index (χ2n) is 24.5. The Balaban J connectivity index is 4.08. The summed E-state index contributed by atoms with van der Waals surface area (Å²) >= 11 is 0. The third-order valence-corrected chi connectivity index (χ3v) is 16.5. The minimum atomic E-state index is -4.61. The lowest BCUT2D eigenvalue weighted by Crippen LogP contribution is -2.45. The Morgan fingerprint density at radius 3 is 1.12 bits per heavy atom. The van der Waals surface area contributed by atoms with Gasteiger partial charge in [0.2, 0.25) is 5.91 Å². The summed E-state index contributed by atoms with van der Waals surface area (Å²) in [4.78, 5) is 25.6. The number of hydrogen-bond donors (Lipinski definition) is 2. The third kappa shape index (κ3) is 62.1. The Morgan fingerprint density at radius 1 is 0.449 bits per heavy atom. The standard InChI is InChI=1S/C69H133N2O6P/c1-6-8-10-12-14-16-18-20-22-24-26-28-30-31-32-33-34-35-36-37-38-39-41-43-45-47-49-51-53-55-57-59-61-63-69(73)70-67(66-77-78(74,75)76-65-64-71(3,4)5)68(72)62-60-58-56-54-52-50-48-46-44-42-40-29-27-25-23-21-19-17-15-13-11-9-7-2/h26,28,31-32,52,54,60,62,67-68,72H,6-25,27,29-30,33-51,53,55-59,61,63-66H2,1-5H3,(H-,70,73,74,75)/b28-26-,32-31-,54-52+,62-60+. The van der Waals surface area contributed by atoms with Crippen LogP contribution in [-0.4, -0.2) is 68.5 Å². The summed E-state index contributed by atoms with van der Waals surface area (Å²) in [6.45, 7) is 4.67. The van der Waals surface area contributed by atoms with Crippen molar-refractivity contribution in [1.29, 1.82) is 0 Å². The van der Waals surface area contributed by atoms with Gasteiger partial charge < -0.3 is 28.8 Å². The number of phosphoric ester groups is 1. The second kappa shape index (κ2) is 60.1. The number of nitrogens with one attached hydrogen (secondary N) is 1. The Hall–Kier alpha value is -1.54. The fourth-order valence-electron chi connectivity index (χ4n) is 10.2. The average Bonchev–Trinajstić information content (AvgIpc) is 3.41. The molecule has 1 amide bonds. The number of allylic oxidation sites excluding steroid dienone is 7. The summed E-state index contributed by atoms with van der Waals surface area (Å²) in [7, 11) is 1.25. The van der Waals surface area contributed by atoms with E-state index in [1.54, 1.807) is 6.08 Å². The van der Waals surface area contributed by atoms with E-state index in [1.165, 1.54) is 270 Å². The lowest BCUT2D eigenvalue weighted by Gasteiger charge is -2.29. The van der Waals surface area contributed by atoms with Crippen LogP contribution in [0.25, 0.3) is 0 Å². The Kier molecular flexibility index (Phi) is 58.9. The molecule has 8 nitrogen and oxygen atoms in total. The molecule has 0 bridgehead atoms. The van der Waals surface area contributed by atoms with Gasteiger partial charge in [0.1, 0.15) is 13.2 Å². The van der Waals surface area contributed by atoms with E-state index in [4.69, 9.17) is 9.05 Å². The van der Waals surface area contributed by atoms with Crippen molar-refractivity contribution >= 4 is 13.7 Å². The summed E-state index contributed by atoms with van der Waals surface area (Å²) in [6.07, 6.45) is 80.9. The van der Waals surface area contributed by atoms with E-state index in [0.717, 1.165) is 44.9 Å². The maximum absolute atomic E-state index is 13.0. The quantitative estimate of drug-likeness (QED) is 0.0272. The molecule has 0 aliphatic carbocycles. The molecular formula is C69H133N2O6P. The fraction of sp³-hybridized carbons (Fsp3) is 0.870. The number of hydrogen-bond acceptors (Lipinski definition) is 6. The van der Waals surface area contributed by atoms with E-state index in [2.05, 4.69) is 55.6 Å². The number of aliphatic hydroxyl groups excluding tert-OH is 1. The maximum atomic E-state index is 13.0. The van der Waals surface area contributed by atoms with Gasteiger partial charge in [-0.25, -0.2) is 0 Å². The minimum absolute atomic E-state index is 0.00570. The first-order valence-corrected chi connectivity index (χ1v) is 35.5. The van der Waals surface area contributed by atoms with Crippen molar-refractivity contribution in [3.63, 3.8) is 0 Å². The molecule has 460 valence electrons. The smallest absolute Gasteiger partial charge is 0.268 e. The number of quaternary nitrogens is 1. The first kappa shape index (κ1) is 76.5. The van der Waals surface area contributed by atoms with Crippen molar-refractivity contribution in [2.75, 3.05) is 40.9 Å². The van der Waals surface area contributed by atoms with Crippen LogP contribution in [-0.2, 0) is 18.4 Å². The minimum Gasteiger partial charge on any atom is -0.756 e. The molecule has 0 saturated carbocycles. The summed E-state index contributed by atoms with van der Waals surface area (Å²) in [5, 5.41) is 13.9. The van der Waals surface area contributed by atoms with Gasteiger partial charge in [-0.2, -0.15) is 0 Å². The first-order valence-electron chi connectivity index (χ1n) is 34.0. The van der Waals surface area contributed by atoms with Gasteiger partial charge >= 0.3 is 0 Å². The van der Waals surface area contributed by atoms with Crippen LogP contribution < -0.4 is 10.2 Å². The highest BCUT2D eigenvalue weighted by molar-refractivity contribution is 7.45. The molecule has 0 saturated heterocycles. The van der Waals surface area contributed by atoms with Crippen LogP contribution in [0.4, 0.5) is 0 Å². The molecule has 9 heteroatoms. The highest BCUT2D eigenvalue weighted by atomic mass is 31.2. The van der Waals surface area contributed by atoms with E-state index in [-0.39, 0.29) is 12.5 Å². The van der Waals surface area contributed by atoms with E-state index < -0.39 is 26.6 Å². The zero-order chi connectivity index (χ0) is 57.0. The van der Waals surface area contributed by atoms with Gasteiger partial charge in [-0.1, -0.05) is 313 Å². The predicted octanol–water partition coefficient (Wildman–Crippen LogP) is 20.8. The number of amides is 1. The van der Waals surface area contributed by atoms with Crippen molar-refractivity contribution < 1.29 is 32.9 Å². The van der Waals surface area contributed by atoms with Crippen LogP contribution >= 0.6 is 7.82 Å². The molecule has 3 atom stereocenters. The van der Waals surface area contributed by atoms with Crippen molar-refractivity contribution in [1.82, 2.24) is 5.32 Å². The molecule has 78 heavy (non-hydrogen) atoms. The molecular weight excluding hydrogens is 984 g/mol. The van der Waals surface area contributed by atoms with Gasteiger partial charge in [-0.3, -0.25) is 9.36 Å². The van der Waals surface area contributed by atoms with Crippen LogP contribution in [0, 0.1) is 0 Å². The monoisotopic (exact) mass is 1120 g/mol. The van der Waals surface area contributed by atoms with Crippen molar-refractivity contribution in [3.05, 3.63) is 48.6 Å². The molecule has 0 aromatic rings. The van der Waals surface area contributed by atoms with Crippen LogP contribution in [0.15, 0.2) is 48.6 Å². The fourth-order valence-corrected chi connectivity index (χ4v) is 10.9. The van der Waals surface area contributed by atoms with Crippen LogP contribution in [0.3, 0.4) is 0 Å². The summed E-state index contributed by atoms with van der Waals surface area (Å²) in [5.74, 6) is -0.202. The highest BCUT2D eigenvalue weighted by Crippen LogP contribution is 2.38. The Bertz CT molecular complexity index is 1410. The lowest BCUT2D eigenvalue weighted by molar-refractivity contribution is -0.870. The molecule has 0 aliphatic heterocycles. The summed E-state index contributed by atoms with van der Waals surface area (Å²) < 4.78 is 23.4. The molecule has 0 heterocycles. The van der Waals surface area contributed by atoms with Crippen LogP contribution in [0.1, 0.15) is 335 Å². The van der Waals surface area contributed by atoms with E-state index in [0.29, 0.717) is 17.4 Å². The number of likely N-dealkylation sites (N-methyl/N-ethyl adjacent to an activating group) is 1. The van der Waals surface area contributed by atoms with Gasteiger partial charge in [0.15, 0.2) is 0 Å². The normalized spacial score (nSPS) is 14.0. The molecule has 3 unspecified atom stereocenters. The number of carbonyl (C=O) groups is 1. The number of aliphatic hydroxyl groups is 1. The van der Waals surface area contributed by atoms with E-state index >= 15 is 0 Å². The highest BCUT2D eigenvalue weighted by Gasteiger charge is 2.23. The number of carbonyl (C=O) groups excluding carboxylic acids is 1. The molecule has 2 N–H and O–H groups in total. The second-order valence-corrected chi connectivity index (χ2v) is 25.9. The van der Waals surface area contributed by atoms with E-state index in [9.17, 15) is 19.4 Å². The average molecular weight is 1120 g/mol. The van der Waals surface area contributed by atoms with Crippen molar-refractivity contribution in [2.24, 2.45) is 0 Å². The van der Waals surface area contributed by atoms with Gasteiger partial charge in [0.25, 0.3) is 7.82 Å². The summed E-state index contributed by atoms with van der Waals surface area (Å²) in [5.41, 5.74) is 0. The molecule has 0 aromatic heterocycles. The zero-order valence-electron chi connectivity index (χ0n) is 52.6. The van der Waals surface area contributed by atoms with E-state index in [1.807, 2.05) is 27.2 Å². The predicted molar refractivity (Wildman–Crippen MR) is 339 cm³/mol. The number of rotatable bonds is 63. The lowest BCUT2D eigenvalue weighted by atomic mass is 10.0. The van der Waals surface area contributed by atoms with Crippen LogP contribution in [0.2, 0.25) is 0 Å². The number of nitrogens with zero attached hydrogens (tertiary/aromatic N) is 1. The number of unbranched alkanes of at least 4 members (excludes halogenated alkanes) is 44. The van der Waals surface area contributed by atoms with Gasteiger partial charge in [0, 0.05) is 6.42 Å². The molecule has 0 aromatic carbocycles. The van der Waals surface area contributed by atoms with Gasteiger partial charge in [0.05, 0.1) is 39.9 Å². The Morgan fingerprint density at radius 2 is 0.756 bits per heavy atom. The zero-order valence-corrected chi connectivity index (χ0v) is 53.5.